The molecule has 0 bridgehead atoms. The first-order chi connectivity index (χ1) is 14.6. The van der Waals surface area contributed by atoms with Gasteiger partial charge in [0.1, 0.15) is 18.0 Å². The van der Waals surface area contributed by atoms with Gasteiger partial charge in [-0.1, -0.05) is 13.0 Å². The van der Waals surface area contributed by atoms with Gasteiger partial charge in [-0.15, -0.1) is 0 Å². The molecule has 2 saturated carbocycles. The number of carbonyl (C=O) groups excluding carboxylic acids is 3. The summed E-state index contributed by atoms with van der Waals surface area (Å²) in [5, 5.41) is 9.90. The van der Waals surface area contributed by atoms with Crippen molar-refractivity contribution in [1.29, 1.82) is 0 Å². The van der Waals surface area contributed by atoms with E-state index in [2.05, 4.69) is 6.92 Å². The molecule has 7 heteroatoms. The lowest BCUT2D eigenvalue weighted by Crippen LogP contribution is -2.47. The van der Waals surface area contributed by atoms with Crippen LogP contribution in [-0.4, -0.2) is 41.3 Å². The number of benzene rings is 1. The van der Waals surface area contributed by atoms with E-state index in [9.17, 15) is 19.5 Å². The van der Waals surface area contributed by atoms with Gasteiger partial charge in [0.2, 0.25) is 0 Å². The van der Waals surface area contributed by atoms with Gasteiger partial charge in [-0.3, -0.25) is 14.4 Å². The van der Waals surface area contributed by atoms with Crippen molar-refractivity contribution in [1.82, 2.24) is 0 Å². The topological polar surface area (TPSA) is 99.1 Å². The monoisotopic (exact) mass is 430 g/mol. The van der Waals surface area contributed by atoms with Gasteiger partial charge >= 0.3 is 17.9 Å². The zero-order valence-corrected chi connectivity index (χ0v) is 18.4. The van der Waals surface area contributed by atoms with E-state index in [0.29, 0.717) is 0 Å². The van der Waals surface area contributed by atoms with Gasteiger partial charge in [-0.05, 0) is 60.8 Å². The maximum absolute atomic E-state index is 12.0. The Kier molecular flexibility index (Phi) is 5.48. The summed E-state index contributed by atoms with van der Waals surface area (Å²) in [5.74, 6) is -0.823. The Labute approximate surface area is 182 Å². The number of fused-ring (bicyclic) bond motifs is 5. The van der Waals surface area contributed by atoms with Crippen LogP contribution in [0.1, 0.15) is 64.0 Å². The first-order valence-corrected chi connectivity index (χ1v) is 10.9. The summed E-state index contributed by atoms with van der Waals surface area (Å²) in [6, 6.07) is 5.55. The molecule has 168 valence electrons. The maximum Gasteiger partial charge on any atom is 0.303 e. The van der Waals surface area contributed by atoms with Gasteiger partial charge in [-0.25, -0.2) is 0 Å². The quantitative estimate of drug-likeness (QED) is 0.580. The van der Waals surface area contributed by atoms with E-state index in [4.69, 9.17) is 14.2 Å². The number of phenols is 1. The van der Waals surface area contributed by atoms with Gasteiger partial charge in [-0.2, -0.15) is 0 Å². The van der Waals surface area contributed by atoms with E-state index in [1.165, 1.54) is 26.3 Å². The number of esters is 3. The molecule has 1 aromatic rings. The Hall–Kier alpha value is -2.57. The van der Waals surface area contributed by atoms with Gasteiger partial charge in [0.25, 0.3) is 0 Å². The molecule has 31 heavy (non-hydrogen) atoms. The predicted octanol–water partition coefficient (Wildman–Crippen LogP) is 3.26. The number of hydrogen-bond acceptors (Lipinski definition) is 7. The van der Waals surface area contributed by atoms with Crippen LogP contribution in [0.25, 0.3) is 0 Å². The minimum absolute atomic E-state index is 0.120. The van der Waals surface area contributed by atoms with Crippen LogP contribution in [0.5, 0.6) is 5.75 Å². The van der Waals surface area contributed by atoms with E-state index >= 15 is 0 Å². The Morgan fingerprint density at radius 1 is 0.968 bits per heavy atom. The summed E-state index contributed by atoms with van der Waals surface area (Å²) in [6.45, 7) is 6.07. The van der Waals surface area contributed by atoms with E-state index in [1.807, 2.05) is 12.1 Å². The largest absolute Gasteiger partial charge is 0.508 e. The lowest BCUT2D eigenvalue weighted by Gasteiger charge is -2.50. The zero-order chi connectivity index (χ0) is 22.5. The summed E-state index contributed by atoms with van der Waals surface area (Å²) in [7, 11) is 0. The SMILES string of the molecule is CC(=O)OC1C(OC(C)=O)[C@H](OC(C)=O)[C@@]2(C)CCC3c4ccc(O)cc4CCC3C12. The zero-order valence-electron chi connectivity index (χ0n) is 18.4. The number of ether oxygens (including phenoxy) is 3. The molecule has 3 aliphatic rings. The van der Waals surface area contributed by atoms with Crippen LogP contribution in [0.2, 0.25) is 0 Å². The van der Waals surface area contributed by atoms with Crippen molar-refractivity contribution in [2.45, 2.75) is 77.6 Å². The molecule has 1 N–H and O–H groups in total. The normalized spacial score (nSPS) is 35.9. The standard InChI is InChI=1S/C24H30O7/c1-12(25)29-21-20-19-7-5-15-11-16(28)6-8-17(15)18(19)9-10-24(20,4)23(31-14(3)27)22(21)30-13(2)26/h6,8,11,18-23,28H,5,7,9-10H2,1-4H3/t18?,19?,20?,21?,22?,23-,24-/m0/s1. The molecule has 0 amide bonds. The number of aryl methyl sites for hydroxylation is 1. The first kappa shape index (κ1) is 21.7. The average Bonchev–Trinajstić information content (AvgIpc) is 2.88. The fraction of sp³-hybridized carbons (Fsp3) is 0.625. The van der Waals surface area contributed by atoms with Crippen molar-refractivity contribution in [3.8, 4) is 5.75 Å². The second kappa shape index (κ2) is 7.84. The molecule has 7 nitrogen and oxygen atoms in total. The van der Waals surface area contributed by atoms with Gasteiger partial charge in [0.15, 0.2) is 6.10 Å². The van der Waals surface area contributed by atoms with E-state index in [1.54, 1.807) is 6.07 Å². The highest BCUT2D eigenvalue weighted by molar-refractivity contribution is 5.69. The van der Waals surface area contributed by atoms with E-state index in [-0.39, 0.29) is 23.5 Å². The lowest BCUT2D eigenvalue weighted by atomic mass is 9.55. The predicted molar refractivity (Wildman–Crippen MR) is 110 cm³/mol. The molecule has 5 unspecified atom stereocenters. The van der Waals surface area contributed by atoms with Crippen molar-refractivity contribution in [2.24, 2.45) is 17.3 Å². The van der Waals surface area contributed by atoms with Crippen LogP contribution in [0.3, 0.4) is 0 Å². The average molecular weight is 430 g/mol. The summed E-state index contributed by atoms with van der Waals surface area (Å²) >= 11 is 0. The van der Waals surface area contributed by atoms with Crippen molar-refractivity contribution >= 4 is 17.9 Å². The third-order valence-corrected chi connectivity index (χ3v) is 7.53. The summed E-state index contributed by atoms with van der Waals surface area (Å²) in [4.78, 5) is 35.9. The molecule has 0 saturated heterocycles. The number of phenolic OH excluding ortho intramolecular Hbond substituents is 1. The molecule has 1 aromatic carbocycles. The van der Waals surface area contributed by atoms with Crippen LogP contribution in [0, 0.1) is 17.3 Å². The molecular formula is C24H30O7. The molecule has 0 spiro atoms. The number of carbonyl (C=O) groups is 3. The van der Waals surface area contributed by atoms with Crippen molar-refractivity contribution in [2.75, 3.05) is 0 Å². The smallest absolute Gasteiger partial charge is 0.303 e. The van der Waals surface area contributed by atoms with Crippen LogP contribution in [-0.2, 0) is 35.0 Å². The number of rotatable bonds is 3. The number of hydrogen-bond donors (Lipinski definition) is 1. The number of aromatic hydroxyl groups is 1. The Morgan fingerprint density at radius 3 is 2.26 bits per heavy atom. The highest BCUT2D eigenvalue weighted by atomic mass is 16.6. The molecule has 3 aliphatic carbocycles. The lowest BCUT2D eigenvalue weighted by molar-refractivity contribution is -0.178. The molecule has 0 heterocycles. The molecule has 0 radical (unpaired) electrons. The molecule has 7 atom stereocenters. The summed E-state index contributed by atoms with van der Waals surface area (Å²) < 4.78 is 17.1. The van der Waals surface area contributed by atoms with Crippen LogP contribution in [0.15, 0.2) is 18.2 Å². The Balaban J connectivity index is 1.78. The van der Waals surface area contributed by atoms with Crippen LogP contribution >= 0.6 is 0 Å². The second-order valence-corrected chi connectivity index (χ2v) is 9.44. The summed E-state index contributed by atoms with van der Waals surface area (Å²) in [5.41, 5.74) is 1.89. The van der Waals surface area contributed by atoms with Crippen molar-refractivity contribution in [3.05, 3.63) is 29.3 Å². The van der Waals surface area contributed by atoms with E-state index < -0.39 is 41.6 Å². The fourth-order valence-corrected chi connectivity index (χ4v) is 6.58. The molecule has 4 rings (SSSR count). The van der Waals surface area contributed by atoms with E-state index in [0.717, 1.165) is 31.2 Å². The van der Waals surface area contributed by atoms with Crippen molar-refractivity contribution < 1.29 is 33.7 Å². The second-order valence-electron chi connectivity index (χ2n) is 9.44. The third kappa shape index (κ3) is 3.68. The van der Waals surface area contributed by atoms with Gasteiger partial charge < -0.3 is 19.3 Å². The minimum Gasteiger partial charge on any atom is -0.508 e. The Morgan fingerprint density at radius 2 is 1.61 bits per heavy atom. The third-order valence-electron chi connectivity index (χ3n) is 7.53. The first-order valence-electron chi connectivity index (χ1n) is 10.9. The molecular weight excluding hydrogens is 400 g/mol. The maximum atomic E-state index is 12.0. The Bertz CT molecular complexity index is 909. The molecule has 0 aromatic heterocycles. The molecule has 0 aliphatic heterocycles. The fourth-order valence-electron chi connectivity index (χ4n) is 6.58. The highest BCUT2D eigenvalue weighted by Gasteiger charge is 2.67. The van der Waals surface area contributed by atoms with Gasteiger partial charge in [0, 0.05) is 32.1 Å². The van der Waals surface area contributed by atoms with Crippen LogP contribution < -0.4 is 0 Å². The minimum atomic E-state index is -0.833. The van der Waals surface area contributed by atoms with Crippen molar-refractivity contribution in [3.63, 3.8) is 0 Å². The van der Waals surface area contributed by atoms with Crippen LogP contribution in [0.4, 0.5) is 0 Å². The summed E-state index contributed by atoms with van der Waals surface area (Å²) in [6.07, 6.45) is 1.10. The van der Waals surface area contributed by atoms with Gasteiger partial charge in [0.05, 0.1) is 0 Å². The molecule has 2 fully saturated rings. The highest BCUT2D eigenvalue weighted by Crippen LogP contribution is 2.62.